The number of likely N-dealkylation sites (tertiary alicyclic amines) is 1. The fourth-order valence-electron chi connectivity index (χ4n) is 3.90. The number of aromatic nitrogens is 1. The second kappa shape index (κ2) is 4.87. The summed E-state index contributed by atoms with van der Waals surface area (Å²) in [5.41, 5.74) is 2.49. The van der Waals surface area contributed by atoms with Gasteiger partial charge in [-0.05, 0) is 24.5 Å². The van der Waals surface area contributed by atoms with Crippen molar-refractivity contribution in [2.24, 2.45) is 0 Å². The molecule has 0 aromatic carbocycles. The van der Waals surface area contributed by atoms with Crippen LogP contribution in [0.25, 0.3) is 0 Å². The Balaban J connectivity index is 1.61. The van der Waals surface area contributed by atoms with Gasteiger partial charge in [0.05, 0.1) is 0 Å². The van der Waals surface area contributed by atoms with E-state index < -0.39 is 6.09 Å². The molecule has 0 aliphatic carbocycles. The van der Waals surface area contributed by atoms with Crippen LogP contribution >= 0.6 is 0 Å². The Morgan fingerprint density at radius 1 is 1.29 bits per heavy atom. The van der Waals surface area contributed by atoms with E-state index in [4.69, 9.17) is 4.98 Å². The van der Waals surface area contributed by atoms with Gasteiger partial charge in [0.25, 0.3) is 0 Å². The molecule has 0 spiro atoms. The highest BCUT2D eigenvalue weighted by atomic mass is 16.4. The van der Waals surface area contributed by atoms with Gasteiger partial charge in [-0.1, -0.05) is 6.07 Å². The van der Waals surface area contributed by atoms with E-state index in [0.29, 0.717) is 13.1 Å². The van der Waals surface area contributed by atoms with E-state index in [1.54, 1.807) is 4.90 Å². The molecule has 4 rings (SSSR count). The van der Waals surface area contributed by atoms with Gasteiger partial charge < -0.3 is 20.2 Å². The van der Waals surface area contributed by atoms with E-state index in [-0.39, 0.29) is 12.1 Å². The number of hydrogen-bond acceptors (Lipinski definition) is 4. The lowest BCUT2D eigenvalue weighted by Gasteiger charge is -2.41. The molecule has 2 saturated heterocycles. The number of fused-ring (bicyclic) bond motifs is 3. The Hall–Kier alpha value is -1.82. The minimum Gasteiger partial charge on any atom is -0.465 e. The second-order valence-electron chi connectivity index (χ2n) is 6.18. The van der Waals surface area contributed by atoms with Crippen LogP contribution in [0.3, 0.4) is 0 Å². The Morgan fingerprint density at radius 3 is 2.76 bits per heavy atom. The molecule has 2 bridgehead atoms. The monoisotopic (exact) mass is 288 g/mol. The molecule has 4 heterocycles. The predicted molar refractivity (Wildman–Crippen MR) is 78.5 cm³/mol. The van der Waals surface area contributed by atoms with Crippen molar-refractivity contribution in [3.63, 3.8) is 0 Å². The topological polar surface area (TPSA) is 68.7 Å². The molecule has 0 radical (unpaired) electrons. The number of carbonyl (C=O) groups is 1. The van der Waals surface area contributed by atoms with Gasteiger partial charge in [-0.3, -0.25) is 0 Å². The molecule has 2 unspecified atom stereocenters. The van der Waals surface area contributed by atoms with E-state index >= 15 is 0 Å². The van der Waals surface area contributed by atoms with E-state index in [2.05, 4.69) is 22.3 Å². The zero-order valence-corrected chi connectivity index (χ0v) is 12.0. The summed E-state index contributed by atoms with van der Waals surface area (Å²) in [6, 6.07) is 4.85. The maximum absolute atomic E-state index is 11.2. The number of carboxylic acid groups (broad SMARTS) is 1. The number of anilines is 1. The van der Waals surface area contributed by atoms with Crippen LogP contribution in [0.15, 0.2) is 12.1 Å². The third-order valence-electron chi connectivity index (χ3n) is 4.93. The molecule has 2 atom stereocenters. The van der Waals surface area contributed by atoms with Gasteiger partial charge >= 0.3 is 6.09 Å². The summed E-state index contributed by atoms with van der Waals surface area (Å²) in [5.74, 6) is 1.04. The second-order valence-corrected chi connectivity index (χ2v) is 6.18. The van der Waals surface area contributed by atoms with Crippen LogP contribution in [0, 0.1) is 0 Å². The first-order valence-electron chi connectivity index (χ1n) is 7.68. The van der Waals surface area contributed by atoms with Crippen molar-refractivity contribution in [2.75, 3.05) is 24.5 Å². The van der Waals surface area contributed by atoms with Gasteiger partial charge in [0.2, 0.25) is 0 Å². The summed E-state index contributed by atoms with van der Waals surface area (Å²) in [6.45, 7) is 3.10. The molecule has 1 aromatic heterocycles. The summed E-state index contributed by atoms with van der Waals surface area (Å²) in [5, 5.41) is 12.6. The highest BCUT2D eigenvalue weighted by molar-refractivity contribution is 5.66. The van der Waals surface area contributed by atoms with E-state index in [1.165, 1.54) is 11.3 Å². The van der Waals surface area contributed by atoms with Crippen LogP contribution in [0.1, 0.15) is 24.1 Å². The third-order valence-corrected chi connectivity index (χ3v) is 4.93. The smallest absolute Gasteiger partial charge is 0.407 e. The Labute approximate surface area is 123 Å². The van der Waals surface area contributed by atoms with Gasteiger partial charge in [-0.15, -0.1) is 0 Å². The average Bonchev–Trinajstić information content (AvgIpc) is 2.76. The molecule has 0 saturated carbocycles. The lowest BCUT2D eigenvalue weighted by atomic mass is 10.1. The molecule has 21 heavy (non-hydrogen) atoms. The summed E-state index contributed by atoms with van der Waals surface area (Å²) < 4.78 is 0. The molecule has 1 aromatic rings. The van der Waals surface area contributed by atoms with Crippen molar-refractivity contribution < 1.29 is 9.90 Å². The van der Waals surface area contributed by atoms with Crippen molar-refractivity contribution in [2.45, 2.75) is 37.9 Å². The van der Waals surface area contributed by atoms with Gasteiger partial charge in [0.15, 0.2) is 0 Å². The highest BCUT2D eigenvalue weighted by Crippen LogP contribution is 2.34. The number of piperazine rings is 1. The van der Waals surface area contributed by atoms with Crippen molar-refractivity contribution in [3.05, 3.63) is 23.4 Å². The summed E-state index contributed by atoms with van der Waals surface area (Å²) in [4.78, 5) is 20.0. The third kappa shape index (κ3) is 2.14. The minimum atomic E-state index is -0.795. The maximum Gasteiger partial charge on any atom is 0.407 e. The van der Waals surface area contributed by atoms with Crippen LogP contribution in [0.5, 0.6) is 0 Å². The SMILES string of the molecule is O=C(O)N1CC2CCC(C1)N2c1ccc2c(n1)CCNC2. The molecule has 6 nitrogen and oxygen atoms in total. The number of nitrogens with one attached hydrogen (secondary N) is 1. The molecular weight excluding hydrogens is 268 g/mol. The largest absolute Gasteiger partial charge is 0.465 e. The van der Waals surface area contributed by atoms with E-state index in [1.807, 2.05) is 0 Å². The number of hydrogen-bond donors (Lipinski definition) is 2. The van der Waals surface area contributed by atoms with Crippen LogP contribution in [0.4, 0.5) is 10.6 Å². The van der Waals surface area contributed by atoms with Crippen molar-refractivity contribution in [3.8, 4) is 0 Å². The maximum atomic E-state index is 11.2. The van der Waals surface area contributed by atoms with Gasteiger partial charge in [-0.25, -0.2) is 9.78 Å². The molecule has 3 aliphatic rings. The van der Waals surface area contributed by atoms with Crippen LogP contribution < -0.4 is 10.2 Å². The first-order chi connectivity index (χ1) is 10.2. The Morgan fingerprint density at radius 2 is 2.05 bits per heavy atom. The van der Waals surface area contributed by atoms with Gasteiger partial charge in [-0.2, -0.15) is 0 Å². The quantitative estimate of drug-likeness (QED) is 0.808. The zero-order valence-electron chi connectivity index (χ0n) is 12.0. The number of amides is 1. The zero-order chi connectivity index (χ0) is 14.4. The van der Waals surface area contributed by atoms with Crippen LogP contribution in [-0.2, 0) is 13.0 Å². The number of rotatable bonds is 1. The van der Waals surface area contributed by atoms with Crippen molar-refractivity contribution in [1.82, 2.24) is 15.2 Å². The highest BCUT2D eigenvalue weighted by Gasteiger charge is 2.42. The first-order valence-corrected chi connectivity index (χ1v) is 7.68. The number of pyridine rings is 1. The molecule has 2 N–H and O–H groups in total. The lowest BCUT2D eigenvalue weighted by molar-refractivity contribution is 0.133. The normalized spacial score (nSPS) is 27.6. The summed E-state index contributed by atoms with van der Waals surface area (Å²) in [6.07, 6.45) is 2.31. The summed E-state index contributed by atoms with van der Waals surface area (Å²) in [7, 11) is 0. The molecule has 6 heteroatoms. The molecule has 112 valence electrons. The minimum absolute atomic E-state index is 0.284. The predicted octanol–water partition coefficient (Wildman–Crippen LogP) is 1.06. The first kappa shape index (κ1) is 12.9. The van der Waals surface area contributed by atoms with E-state index in [9.17, 15) is 9.90 Å². The van der Waals surface area contributed by atoms with Gasteiger partial charge in [0, 0.05) is 50.4 Å². The summed E-state index contributed by atoms with van der Waals surface area (Å²) >= 11 is 0. The lowest BCUT2D eigenvalue weighted by Crippen LogP contribution is -2.55. The van der Waals surface area contributed by atoms with Crippen LogP contribution in [0.2, 0.25) is 0 Å². The van der Waals surface area contributed by atoms with E-state index in [0.717, 1.165) is 38.2 Å². The molecule has 3 aliphatic heterocycles. The standard InChI is InChI=1S/C15H20N4O2/c20-15(21)18-8-11-2-3-12(9-18)19(11)14-4-1-10-7-16-6-5-13(10)17-14/h1,4,11-12,16H,2-3,5-9H2,(H,20,21). The fourth-order valence-corrected chi connectivity index (χ4v) is 3.90. The van der Waals surface area contributed by atoms with Gasteiger partial charge in [0.1, 0.15) is 5.82 Å². The molecule has 2 fully saturated rings. The van der Waals surface area contributed by atoms with Crippen molar-refractivity contribution >= 4 is 11.9 Å². The molecular formula is C15H20N4O2. The average molecular weight is 288 g/mol. The Bertz CT molecular complexity index is 563. The molecule has 1 amide bonds. The fraction of sp³-hybridized carbons (Fsp3) is 0.600. The van der Waals surface area contributed by atoms with Crippen LogP contribution in [-0.4, -0.2) is 52.8 Å². The Kier molecular flexibility index (Phi) is 2.99. The van der Waals surface area contributed by atoms with Crippen molar-refractivity contribution in [1.29, 1.82) is 0 Å². The number of nitrogens with zero attached hydrogens (tertiary/aromatic N) is 3.